The van der Waals surface area contributed by atoms with E-state index in [9.17, 15) is 0 Å². The fourth-order valence-corrected chi connectivity index (χ4v) is 5.14. The lowest BCUT2D eigenvalue weighted by Crippen LogP contribution is -2.12. The molecule has 1 aliphatic carbocycles. The molecule has 0 nitrogen and oxygen atoms in total. The second-order valence-electron chi connectivity index (χ2n) is 11.3. The molecule has 0 saturated carbocycles. The lowest BCUT2D eigenvalue weighted by atomic mass is 9.81. The van der Waals surface area contributed by atoms with Crippen molar-refractivity contribution >= 4 is 0 Å². The average Bonchev–Trinajstić information content (AvgIpc) is 3.15. The smallest absolute Gasteiger partial charge is 0.0212 e. The third-order valence-corrected chi connectivity index (χ3v) is 6.80. The highest BCUT2D eigenvalue weighted by atomic mass is 14.3. The molecule has 0 saturated heterocycles. The van der Waals surface area contributed by atoms with E-state index in [1.165, 1.54) is 55.6 Å². The van der Waals surface area contributed by atoms with Crippen LogP contribution in [0, 0.1) is 6.42 Å². The Kier molecular flexibility index (Phi) is 5.09. The summed E-state index contributed by atoms with van der Waals surface area (Å²) in [4.78, 5) is 0. The van der Waals surface area contributed by atoms with Crippen molar-refractivity contribution in [2.24, 2.45) is 0 Å². The van der Waals surface area contributed by atoms with Gasteiger partial charge >= 0.3 is 0 Å². The summed E-state index contributed by atoms with van der Waals surface area (Å²) in [5.41, 5.74) is 13.5. The highest BCUT2D eigenvalue weighted by molar-refractivity contribution is 5.86. The van der Waals surface area contributed by atoms with Crippen LogP contribution in [-0.2, 0) is 10.8 Å². The van der Waals surface area contributed by atoms with Gasteiger partial charge in [0.25, 0.3) is 0 Å². The summed E-state index contributed by atoms with van der Waals surface area (Å²) in [6.45, 7) is 13.7. The fraction of sp³-hybridized carbons (Fsp3) is 0.242. The summed E-state index contributed by atoms with van der Waals surface area (Å²) >= 11 is 0. The van der Waals surface area contributed by atoms with E-state index in [-0.39, 0.29) is 10.8 Å². The summed E-state index contributed by atoms with van der Waals surface area (Å²) in [6, 6.07) is 31.5. The van der Waals surface area contributed by atoms with Crippen molar-refractivity contribution in [2.45, 2.75) is 52.4 Å². The van der Waals surface area contributed by atoms with Gasteiger partial charge in [0, 0.05) is 6.42 Å². The molecule has 4 aromatic rings. The van der Waals surface area contributed by atoms with Crippen LogP contribution in [-0.4, -0.2) is 0 Å². The maximum Gasteiger partial charge on any atom is 0.0212 e. The molecule has 1 aliphatic rings. The second kappa shape index (κ2) is 7.73. The highest BCUT2D eigenvalue weighted by Crippen LogP contribution is 2.43. The molecule has 165 valence electrons. The van der Waals surface area contributed by atoms with Crippen molar-refractivity contribution in [3.63, 3.8) is 0 Å². The van der Waals surface area contributed by atoms with Crippen LogP contribution in [0.3, 0.4) is 0 Å². The van der Waals surface area contributed by atoms with E-state index in [0.29, 0.717) is 0 Å². The van der Waals surface area contributed by atoms with Gasteiger partial charge < -0.3 is 0 Å². The molecule has 0 heterocycles. The maximum atomic E-state index is 2.36. The van der Waals surface area contributed by atoms with E-state index in [0.717, 1.165) is 0 Å². The normalized spacial score (nSPS) is 13.0. The first-order chi connectivity index (χ1) is 15.6. The van der Waals surface area contributed by atoms with Crippen molar-refractivity contribution in [1.29, 1.82) is 0 Å². The van der Waals surface area contributed by atoms with Crippen LogP contribution in [0.2, 0.25) is 0 Å². The topological polar surface area (TPSA) is 0 Å². The summed E-state index contributed by atoms with van der Waals surface area (Å²) < 4.78 is 0. The molecule has 0 bridgehead atoms. The molecule has 0 N–H and O–H groups in total. The molecule has 0 aromatic heterocycles. The summed E-state index contributed by atoms with van der Waals surface area (Å²) in [5.74, 6) is 0. The number of benzene rings is 4. The Bertz CT molecular complexity index is 1230. The molecule has 0 amide bonds. The van der Waals surface area contributed by atoms with Crippen LogP contribution >= 0.6 is 0 Å². The zero-order chi connectivity index (χ0) is 23.4. The zero-order valence-electron chi connectivity index (χ0n) is 20.7. The summed E-state index contributed by atoms with van der Waals surface area (Å²) in [7, 11) is 0. The molecule has 1 radical (unpaired) electrons. The van der Waals surface area contributed by atoms with Crippen molar-refractivity contribution in [1.82, 2.24) is 0 Å². The van der Waals surface area contributed by atoms with Crippen molar-refractivity contribution in [3.05, 3.63) is 114 Å². The Hall–Kier alpha value is -3.12. The first-order valence-corrected chi connectivity index (χ1v) is 12.0. The van der Waals surface area contributed by atoms with Gasteiger partial charge in [-0.25, -0.2) is 0 Å². The minimum atomic E-state index is 0.109. The Morgan fingerprint density at radius 2 is 0.818 bits per heavy atom. The Morgan fingerprint density at radius 1 is 0.424 bits per heavy atom. The standard InChI is InChI=1S/C33H33/c1-32(2,3)30-13-9-7-11-28(30)22-15-17-26-24(19-22)21-25-20-23(16-18-27(25)26)29-12-8-10-14-31(29)33(4,5)6/h7-21H,1-6H3. The zero-order valence-corrected chi connectivity index (χ0v) is 20.7. The SMILES string of the molecule is CC(C)(C)c1ccccc1-c1ccc2c(c1)[CH]c1cc(-c3ccccc3C(C)(C)C)ccc1-2. The van der Waals surface area contributed by atoms with Gasteiger partial charge in [-0.3, -0.25) is 0 Å². The van der Waals surface area contributed by atoms with E-state index in [2.05, 4.69) is 133 Å². The van der Waals surface area contributed by atoms with Crippen LogP contribution < -0.4 is 0 Å². The van der Waals surface area contributed by atoms with E-state index in [4.69, 9.17) is 0 Å². The molecular formula is C33H33. The summed E-state index contributed by atoms with van der Waals surface area (Å²) in [6.07, 6.45) is 2.36. The molecular weight excluding hydrogens is 396 g/mol. The third-order valence-electron chi connectivity index (χ3n) is 6.80. The Morgan fingerprint density at radius 3 is 1.21 bits per heavy atom. The van der Waals surface area contributed by atoms with Crippen LogP contribution in [0.25, 0.3) is 33.4 Å². The molecule has 0 spiro atoms. The maximum absolute atomic E-state index is 2.36. The predicted octanol–water partition coefficient (Wildman–Crippen LogP) is 9.20. The van der Waals surface area contributed by atoms with Gasteiger partial charge in [-0.15, -0.1) is 0 Å². The van der Waals surface area contributed by atoms with E-state index in [1.54, 1.807) is 0 Å². The van der Waals surface area contributed by atoms with E-state index >= 15 is 0 Å². The Balaban J connectivity index is 1.55. The van der Waals surface area contributed by atoms with E-state index < -0.39 is 0 Å². The molecule has 0 atom stereocenters. The number of fused-ring (bicyclic) bond motifs is 3. The van der Waals surface area contributed by atoms with Gasteiger partial charge in [0.05, 0.1) is 0 Å². The molecule has 0 aliphatic heterocycles. The average molecular weight is 430 g/mol. The van der Waals surface area contributed by atoms with Crippen LogP contribution in [0.15, 0.2) is 84.9 Å². The number of hydrogen-bond donors (Lipinski definition) is 0. The summed E-state index contributed by atoms with van der Waals surface area (Å²) in [5, 5.41) is 0. The van der Waals surface area contributed by atoms with Gasteiger partial charge in [0.2, 0.25) is 0 Å². The lowest BCUT2D eigenvalue weighted by molar-refractivity contribution is 0.591. The molecule has 0 unspecified atom stereocenters. The molecule has 4 aromatic carbocycles. The van der Waals surface area contributed by atoms with Gasteiger partial charge in [0.15, 0.2) is 0 Å². The first kappa shape index (κ1) is 21.7. The van der Waals surface area contributed by atoms with Gasteiger partial charge in [-0.1, -0.05) is 114 Å². The highest BCUT2D eigenvalue weighted by Gasteiger charge is 2.24. The number of rotatable bonds is 2. The second-order valence-corrected chi connectivity index (χ2v) is 11.3. The first-order valence-electron chi connectivity index (χ1n) is 12.0. The fourth-order valence-electron chi connectivity index (χ4n) is 5.14. The van der Waals surface area contributed by atoms with Crippen LogP contribution in [0.5, 0.6) is 0 Å². The van der Waals surface area contributed by atoms with Crippen molar-refractivity contribution in [3.8, 4) is 33.4 Å². The van der Waals surface area contributed by atoms with Gasteiger partial charge in [0.1, 0.15) is 0 Å². The van der Waals surface area contributed by atoms with Gasteiger partial charge in [-0.05, 0) is 78.6 Å². The van der Waals surface area contributed by atoms with Crippen molar-refractivity contribution < 1.29 is 0 Å². The largest absolute Gasteiger partial charge is 0.0619 e. The molecule has 0 fully saturated rings. The predicted molar refractivity (Wildman–Crippen MR) is 143 cm³/mol. The third kappa shape index (κ3) is 3.93. The lowest BCUT2D eigenvalue weighted by Gasteiger charge is -2.23. The monoisotopic (exact) mass is 429 g/mol. The van der Waals surface area contributed by atoms with E-state index in [1.807, 2.05) is 0 Å². The minimum absolute atomic E-state index is 0.109. The molecule has 33 heavy (non-hydrogen) atoms. The minimum Gasteiger partial charge on any atom is -0.0619 e. The molecule has 0 heteroatoms. The number of hydrogen-bond acceptors (Lipinski definition) is 0. The van der Waals surface area contributed by atoms with Crippen LogP contribution in [0.1, 0.15) is 63.8 Å². The van der Waals surface area contributed by atoms with Crippen LogP contribution in [0.4, 0.5) is 0 Å². The van der Waals surface area contributed by atoms with Gasteiger partial charge in [-0.2, -0.15) is 0 Å². The quantitative estimate of drug-likeness (QED) is 0.262. The van der Waals surface area contributed by atoms with Crippen molar-refractivity contribution in [2.75, 3.05) is 0 Å². The molecule has 5 rings (SSSR count). The Labute approximate surface area is 199 Å².